The zero-order chi connectivity index (χ0) is 14.7. The van der Waals surface area contributed by atoms with E-state index in [1.807, 2.05) is 19.9 Å². The van der Waals surface area contributed by atoms with Crippen LogP contribution in [0.1, 0.15) is 52.4 Å². The fourth-order valence-electron chi connectivity index (χ4n) is 2.31. The third-order valence-electron chi connectivity index (χ3n) is 3.65. The van der Waals surface area contributed by atoms with Crippen LogP contribution in [0.25, 0.3) is 0 Å². The Morgan fingerprint density at radius 2 is 1.74 bits per heavy atom. The van der Waals surface area contributed by atoms with Crippen LogP contribution in [0.5, 0.6) is 0 Å². The van der Waals surface area contributed by atoms with Gasteiger partial charge >= 0.3 is 6.18 Å². The van der Waals surface area contributed by atoms with Crippen molar-refractivity contribution in [2.45, 2.75) is 64.1 Å². The summed E-state index contributed by atoms with van der Waals surface area (Å²) in [7, 11) is 0. The lowest BCUT2D eigenvalue weighted by molar-refractivity contribution is -0.172. The van der Waals surface area contributed by atoms with Crippen LogP contribution in [-0.4, -0.2) is 17.6 Å². The van der Waals surface area contributed by atoms with Gasteiger partial charge in [0.2, 0.25) is 5.91 Å². The fourth-order valence-corrected chi connectivity index (χ4v) is 2.31. The molecular formula is C13H19F3N2O. The highest BCUT2D eigenvalue weighted by atomic mass is 19.4. The topological polar surface area (TPSA) is 52.9 Å². The van der Waals surface area contributed by atoms with Gasteiger partial charge in [-0.2, -0.15) is 18.4 Å². The molecule has 0 aromatic rings. The SMILES string of the molecule is CCCC(C#N)(CCC)C(=O)NC1(C(F)(F)F)CC1. The van der Waals surface area contributed by atoms with Crippen LogP contribution in [0.3, 0.4) is 0 Å². The van der Waals surface area contributed by atoms with Crippen LogP contribution >= 0.6 is 0 Å². The van der Waals surface area contributed by atoms with Crippen molar-refractivity contribution < 1.29 is 18.0 Å². The summed E-state index contributed by atoms with van der Waals surface area (Å²) >= 11 is 0. The van der Waals surface area contributed by atoms with Crippen molar-refractivity contribution in [2.24, 2.45) is 5.41 Å². The van der Waals surface area contributed by atoms with Gasteiger partial charge < -0.3 is 5.32 Å². The maximum atomic E-state index is 12.8. The lowest BCUT2D eigenvalue weighted by Gasteiger charge is -2.29. The zero-order valence-corrected chi connectivity index (χ0v) is 11.2. The molecule has 0 aliphatic heterocycles. The van der Waals surface area contributed by atoms with E-state index in [4.69, 9.17) is 0 Å². The molecule has 6 heteroatoms. The summed E-state index contributed by atoms with van der Waals surface area (Å²) in [6, 6.07) is 1.94. The number of rotatable bonds is 6. The summed E-state index contributed by atoms with van der Waals surface area (Å²) in [6.07, 6.45) is -2.89. The molecule has 3 nitrogen and oxygen atoms in total. The largest absolute Gasteiger partial charge is 0.411 e. The minimum Gasteiger partial charge on any atom is -0.341 e. The highest BCUT2D eigenvalue weighted by Crippen LogP contribution is 2.49. The second kappa shape index (κ2) is 5.40. The first-order valence-electron chi connectivity index (χ1n) is 6.57. The van der Waals surface area contributed by atoms with Gasteiger partial charge in [-0.05, 0) is 25.7 Å². The van der Waals surface area contributed by atoms with Gasteiger partial charge in [0.1, 0.15) is 11.0 Å². The Kier molecular flexibility index (Phi) is 4.49. The van der Waals surface area contributed by atoms with Crippen LogP contribution in [0.4, 0.5) is 13.2 Å². The molecule has 0 saturated heterocycles. The summed E-state index contributed by atoms with van der Waals surface area (Å²) in [5, 5.41) is 11.3. The Labute approximate surface area is 111 Å². The second-order valence-electron chi connectivity index (χ2n) is 5.23. The average Bonchev–Trinajstić information content (AvgIpc) is 3.08. The van der Waals surface area contributed by atoms with Crippen molar-refractivity contribution in [2.75, 3.05) is 0 Å². The Balaban J connectivity index is 2.88. The molecule has 0 unspecified atom stereocenters. The molecule has 0 aromatic heterocycles. The van der Waals surface area contributed by atoms with Crippen molar-refractivity contribution >= 4 is 5.91 Å². The molecule has 108 valence electrons. The van der Waals surface area contributed by atoms with Gasteiger partial charge in [0.25, 0.3) is 0 Å². The van der Waals surface area contributed by atoms with Crippen LogP contribution < -0.4 is 5.32 Å². The molecule has 0 bridgehead atoms. The Bertz CT molecular complexity index is 374. The first-order chi connectivity index (χ1) is 8.77. The number of carbonyl (C=O) groups is 1. The summed E-state index contributed by atoms with van der Waals surface area (Å²) < 4.78 is 38.5. The highest BCUT2D eigenvalue weighted by Gasteiger charge is 2.65. The third-order valence-corrected chi connectivity index (χ3v) is 3.65. The molecular weight excluding hydrogens is 257 g/mol. The maximum absolute atomic E-state index is 12.8. The molecule has 0 aromatic carbocycles. The van der Waals surface area contributed by atoms with Gasteiger partial charge in [-0.15, -0.1) is 0 Å². The summed E-state index contributed by atoms with van der Waals surface area (Å²) in [5.74, 6) is -0.770. The molecule has 1 fully saturated rings. The molecule has 0 heterocycles. The highest BCUT2D eigenvalue weighted by molar-refractivity contribution is 5.86. The monoisotopic (exact) mass is 276 g/mol. The van der Waals surface area contributed by atoms with Gasteiger partial charge in [0.15, 0.2) is 0 Å². The summed E-state index contributed by atoms with van der Waals surface area (Å²) in [5.41, 5.74) is -3.42. The van der Waals surface area contributed by atoms with Crippen LogP contribution in [0.2, 0.25) is 0 Å². The number of halogens is 3. The number of hydrogen-bond acceptors (Lipinski definition) is 2. The lowest BCUT2D eigenvalue weighted by atomic mass is 9.79. The number of alkyl halides is 3. The molecule has 19 heavy (non-hydrogen) atoms. The first-order valence-corrected chi connectivity index (χ1v) is 6.57. The van der Waals surface area contributed by atoms with E-state index in [0.717, 1.165) is 0 Å². The molecule has 1 amide bonds. The van der Waals surface area contributed by atoms with Crippen LogP contribution in [-0.2, 0) is 4.79 Å². The minimum atomic E-state index is -4.44. The van der Waals surface area contributed by atoms with Gasteiger partial charge in [0.05, 0.1) is 6.07 Å². The average molecular weight is 276 g/mol. The molecule has 0 spiro atoms. The Morgan fingerprint density at radius 3 is 2.00 bits per heavy atom. The normalized spacial score (nSPS) is 17.7. The van der Waals surface area contributed by atoms with E-state index in [1.54, 1.807) is 0 Å². The Morgan fingerprint density at radius 1 is 1.26 bits per heavy atom. The molecule has 0 atom stereocenters. The number of carbonyl (C=O) groups excluding carboxylic acids is 1. The molecule has 1 N–H and O–H groups in total. The van der Waals surface area contributed by atoms with Gasteiger partial charge in [-0.3, -0.25) is 4.79 Å². The molecule has 1 saturated carbocycles. The molecule has 1 rings (SSSR count). The van der Waals surface area contributed by atoms with E-state index in [9.17, 15) is 23.2 Å². The van der Waals surface area contributed by atoms with Gasteiger partial charge in [-0.1, -0.05) is 26.7 Å². The van der Waals surface area contributed by atoms with Crippen molar-refractivity contribution in [1.82, 2.24) is 5.32 Å². The second-order valence-corrected chi connectivity index (χ2v) is 5.23. The predicted octanol–water partition coefficient (Wildman–Crippen LogP) is 3.31. The van der Waals surface area contributed by atoms with E-state index in [-0.39, 0.29) is 25.7 Å². The van der Waals surface area contributed by atoms with E-state index in [1.165, 1.54) is 0 Å². The number of nitrogens with one attached hydrogen (secondary N) is 1. The van der Waals surface area contributed by atoms with Crippen LogP contribution in [0, 0.1) is 16.7 Å². The van der Waals surface area contributed by atoms with E-state index in [2.05, 4.69) is 5.32 Å². The van der Waals surface area contributed by atoms with Gasteiger partial charge in [0, 0.05) is 0 Å². The smallest absolute Gasteiger partial charge is 0.341 e. The zero-order valence-electron chi connectivity index (χ0n) is 11.2. The first kappa shape index (κ1) is 15.8. The van der Waals surface area contributed by atoms with E-state index >= 15 is 0 Å². The summed E-state index contributed by atoms with van der Waals surface area (Å²) in [6.45, 7) is 3.62. The van der Waals surface area contributed by atoms with Gasteiger partial charge in [-0.25, -0.2) is 0 Å². The lowest BCUT2D eigenvalue weighted by Crippen LogP contribution is -2.52. The molecule has 1 aliphatic carbocycles. The van der Waals surface area contributed by atoms with Crippen molar-refractivity contribution in [1.29, 1.82) is 5.26 Å². The van der Waals surface area contributed by atoms with Crippen LogP contribution in [0.15, 0.2) is 0 Å². The molecule has 0 radical (unpaired) electrons. The number of amides is 1. The van der Waals surface area contributed by atoms with E-state index < -0.39 is 23.0 Å². The van der Waals surface area contributed by atoms with E-state index in [0.29, 0.717) is 12.8 Å². The number of nitrogens with zero attached hydrogens (tertiary/aromatic N) is 1. The number of nitriles is 1. The summed E-state index contributed by atoms with van der Waals surface area (Å²) in [4.78, 5) is 12.1. The fraction of sp³-hybridized carbons (Fsp3) is 0.846. The third kappa shape index (κ3) is 3.02. The Hall–Kier alpha value is -1.25. The number of hydrogen-bond donors (Lipinski definition) is 1. The van der Waals surface area contributed by atoms with Crippen molar-refractivity contribution in [3.63, 3.8) is 0 Å². The molecule has 1 aliphatic rings. The maximum Gasteiger partial charge on any atom is 0.411 e. The predicted molar refractivity (Wildman–Crippen MR) is 64.0 cm³/mol. The van der Waals surface area contributed by atoms with Crippen molar-refractivity contribution in [3.8, 4) is 6.07 Å². The van der Waals surface area contributed by atoms with Crippen molar-refractivity contribution in [3.05, 3.63) is 0 Å². The standard InChI is InChI=1S/C13H19F3N2O/c1-3-5-11(9-17,6-4-2)10(19)18-12(7-8-12)13(14,15)16/h3-8H2,1-2H3,(H,18,19). The minimum absolute atomic E-state index is 0.0952. The quantitative estimate of drug-likeness (QED) is 0.809.